The lowest BCUT2D eigenvalue weighted by Gasteiger charge is -2.12. The number of hydrogen-bond donors (Lipinski definition) is 0. The van der Waals surface area contributed by atoms with Crippen LogP contribution >= 0.6 is 0 Å². The summed E-state index contributed by atoms with van der Waals surface area (Å²) in [4.78, 5) is 14.6. The predicted octanol–water partition coefficient (Wildman–Crippen LogP) is 11.5. The summed E-state index contributed by atoms with van der Waals surface area (Å²) in [5.74, 6) is 2.98. The Morgan fingerprint density at radius 3 is 1.51 bits per heavy atom. The van der Waals surface area contributed by atoms with Crippen LogP contribution in [-0.2, 0) is 0 Å². The first kappa shape index (κ1) is 32.1. The van der Waals surface area contributed by atoms with E-state index in [1.165, 1.54) is 68.9 Å². The SMILES string of the molecule is CCCCCCCCCCCCOc1cc(-c2ccc(-c3nc(-c4ccccc4)nc(-c4ccc(C)cc4)n3)cc2)ccc1C. The first-order valence-electron chi connectivity index (χ1n) is 16.8. The van der Waals surface area contributed by atoms with Gasteiger partial charge in [0.05, 0.1) is 6.61 Å². The maximum absolute atomic E-state index is 6.25. The van der Waals surface area contributed by atoms with Gasteiger partial charge in [-0.2, -0.15) is 0 Å². The van der Waals surface area contributed by atoms with Crippen molar-refractivity contribution in [2.24, 2.45) is 0 Å². The van der Waals surface area contributed by atoms with Crippen molar-refractivity contribution in [1.29, 1.82) is 0 Å². The number of nitrogens with zero attached hydrogens (tertiary/aromatic N) is 3. The fourth-order valence-corrected chi connectivity index (χ4v) is 5.57. The van der Waals surface area contributed by atoms with E-state index in [-0.39, 0.29) is 0 Å². The summed E-state index contributed by atoms with van der Waals surface area (Å²) in [6.07, 6.45) is 13.3. The van der Waals surface area contributed by atoms with Crippen molar-refractivity contribution in [3.05, 3.63) is 108 Å². The average molecular weight is 598 g/mol. The molecule has 0 radical (unpaired) electrons. The number of rotatable bonds is 16. The zero-order valence-electron chi connectivity index (χ0n) is 27.3. The Bertz CT molecular complexity index is 1610. The molecule has 5 rings (SSSR count). The van der Waals surface area contributed by atoms with Gasteiger partial charge in [-0.25, -0.2) is 15.0 Å². The molecular weight excluding hydrogens is 550 g/mol. The standard InChI is InChI=1S/C41H47N3O/c1-4-5-6-7-8-9-10-11-12-16-29-45-38-30-37(24-21-32(38)3)33-25-27-36(28-26-33)41-43-39(34-17-14-13-15-18-34)42-40(44-41)35-22-19-31(2)20-23-35/h13-15,17-28,30H,4-12,16,29H2,1-3H3. The fourth-order valence-electron chi connectivity index (χ4n) is 5.57. The van der Waals surface area contributed by atoms with Crippen LogP contribution in [0.15, 0.2) is 97.1 Å². The molecule has 0 spiro atoms. The van der Waals surface area contributed by atoms with Gasteiger partial charge in [0, 0.05) is 16.7 Å². The molecular formula is C41H47N3O. The Morgan fingerprint density at radius 2 is 0.933 bits per heavy atom. The normalized spacial score (nSPS) is 11.1. The monoisotopic (exact) mass is 597 g/mol. The Morgan fingerprint density at radius 1 is 0.467 bits per heavy atom. The van der Waals surface area contributed by atoms with Crippen molar-refractivity contribution in [3.8, 4) is 51.0 Å². The Kier molecular flexibility index (Phi) is 11.9. The number of hydrogen-bond acceptors (Lipinski definition) is 4. The number of benzene rings is 4. The first-order valence-corrected chi connectivity index (χ1v) is 16.8. The second kappa shape index (κ2) is 16.7. The van der Waals surface area contributed by atoms with Crippen LogP contribution in [0.25, 0.3) is 45.3 Å². The molecule has 0 N–H and O–H groups in total. The summed E-state index contributed by atoms with van der Waals surface area (Å²) in [6, 6.07) is 33.4. The fraction of sp³-hybridized carbons (Fsp3) is 0.341. The van der Waals surface area contributed by atoms with E-state index in [2.05, 4.69) is 87.5 Å². The topological polar surface area (TPSA) is 47.9 Å². The lowest BCUT2D eigenvalue weighted by molar-refractivity contribution is 0.302. The molecule has 0 atom stereocenters. The minimum absolute atomic E-state index is 0.662. The number of unbranched alkanes of at least 4 members (excludes halogenated alkanes) is 9. The zero-order chi connectivity index (χ0) is 31.3. The highest BCUT2D eigenvalue weighted by Gasteiger charge is 2.13. The van der Waals surface area contributed by atoms with Gasteiger partial charge in [0.2, 0.25) is 0 Å². The van der Waals surface area contributed by atoms with E-state index >= 15 is 0 Å². The van der Waals surface area contributed by atoms with Gasteiger partial charge in [0.15, 0.2) is 17.5 Å². The molecule has 0 aliphatic carbocycles. The third kappa shape index (κ3) is 9.34. The van der Waals surface area contributed by atoms with E-state index in [1.54, 1.807) is 0 Å². The molecule has 4 nitrogen and oxygen atoms in total. The molecule has 232 valence electrons. The molecule has 0 fully saturated rings. The van der Waals surface area contributed by atoms with E-state index < -0.39 is 0 Å². The average Bonchev–Trinajstić information content (AvgIpc) is 3.08. The molecule has 1 aromatic heterocycles. The summed E-state index contributed by atoms with van der Waals surface area (Å²) in [5, 5.41) is 0. The number of ether oxygens (including phenoxy) is 1. The summed E-state index contributed by atoms with van der Waals surface area (Å²) in [5.41, 5.74) is 7.56. The van der Waals surface area contributed by atoms with Crippen molar-refractivity contribution in [2.45, 2.75) is 85.0 Å². The van der Waals surface area contributed by atoms with Gasteiger partial charge in [0.25, 0.3) is 0 Å². The van der Waals surface area contributed by atoms with Crippen molar-refractivity contribution >= 4 is 0 Å². The quantitative estimate of drug-likeness (QED) is 0.106. The molecule has 0 amide bonds. The van der Waals surface area contributed by atoms with E-state index in [4.69, 9.17) is 19.7 Å². The van der Waals surface area contributed by atoms with Gasteiger partial charge in [-0.05, 0) is 43.0 Å². The number of aromatic nitrogens is 3. The van der Waals surface area contributed by atoms with Gasteiger partial charge in [-0.1, -0.05) is 161 Å². The van der Waals surface area contributed by atoms with Crippen LogP contribution in [0, 0.1) is 13.8 Å². The Labute approximate surface area is 270 Å². The first-order chi connectivity index (χ1) is 22.1. The van der Waals surface area contributed by atoms with E-state index in [9.17, 15) is 0 Å². The smallest absolute Gasteiger partial charge is 0.164 e. The van der Waals surface area contributed by atoms with Gasteiger partial charge in [-0.3, -0.25) is 0 Å². The van der Waals surface area contributed by atoms with Crippen LogP contribution in [-0.4, -0.2) is 21.6 Å². The van der Waals surface area contributed by atoms with E-state index in [0.29, 0.717) is 17.5 Å². The molecule has 45 heavy (non-hydrogen) atoms. The van der Waals surface area contributed by atoms with Crippen LogP contribution < -0.4 is 4.74 Å². The highest BCUT2D eigenvalue weighted by molar-refractivity contribution is 5.71. The second-order valence-corrected chi connectivity index (χ2v) is 12.1. The molecule has 0 bridgehead atoms. The molecule has 5 aromatic rings. The molecule has 0 unspecified atom stereocenters. The maximum atomic E-state index is 6.25. The summed E-state index contributed by atoms with van der Waals surface area (Å²) >= 11 is 0. The van der Waals surface area contributed by atoms with E-state index in [1.807, 2.05) is 30.3 Å². The Balaban J connectivity index is 1.24. The van der Waals surface area contributed by atoms with Gasteiger partial charge in [0.1, 0.15) is 5.75 Å². The summed E-state index contributed by atoms with van der Waals surface area (Å²) < 4.78 is 6.25. The van der Waals surface area contributed by atoms with Crippen LogP contribution in [0.1, 0.15) is 82.3 Å². The lowest BCUT2D eigenvalue weighted by atomic mass is 10.0. The zero-order valence-corrected chi connectivity index (χ0v) is 27.3. The van der Waals surface area contributed by atoms with Gasteiger partial charge >= 0.3 is 0 Å². The molecule has 1 heterocycles. The number of aryl methyl sites for hydroxylation is 2. The highest BCUT2D eigenvalue weighted by atomic mass is 16.5. The predicted molar refractivity (Wildman–Crippen MR) is 188 cm³/mol. The van der Waals surface area contributed by atoms with Crippen LogP contribution in [0.2, 0.25) is 0 Å². The van der Waals surface area contributed by atoms with E-state index in [0.717, 1.165) is 46.6 Å². The Hall–Kier alpha value is -4.31. The van der Waals surface area contributed by atoms with Crippen molar-refractivity contribution in [3.63, 3.8) is 0 Å². The molecule has 0 saturated carbocycles. The highest BCUT2D eigenvalue weighted by Crippen LogP contribution is 2.30. The maximum Gasteiger partial charge on any atom is 0.164 e. The van der Waals surface area contributed by atoms with Crippen LogP contribution in [0.4, 0.5) is 0 Å². The van der Waals surface area contributed by atoms with Crippen LogP contribution in [0.3, 0.4) is 0 Å². The third-order valence-electron chi connectivity index (χ3n) is 8.40. The van der Waals surface area contributed by atoms with Gasteiger partial charge < -0.3 is 4.74 Å². The molecule has 0 saturated heterocycles. The molecule has 4 heteroatoms. The van der Waals surface area contributed by atoms with Crippen LogP contribution in [0.5, 0.6) is 5.75 Å². The van der Waals surface area contributed by atoms with Crippen molar-refractivity contribution < 1.29 is 4.74 Å². The second-order valence-electron chi connectivity index (χ2n) is 12.1. The minimum atomic E-state index is 0.662. The van der Waals surface area contributed by atoms with Gasteiger partial charge in [-0.15, -0.1) is 0 Å². The summed E-state index contributed by atoms with van der Waals surface area (Å²) in [6.45, 7) is 7.26. The minimum Gasteiger partial charge on any atom is -0.493 e. The third-order valence-corrected chi connectivity index (χ3v) is 8.40. The van der Waals surface area contributed by atoms with Crippen molar-refractivity contribution in [1.82, 2.24) is 15.0 Å². The molecule has 4 aromatic carbocycles. The lowest BCUT2D eigenvalue weighted by Crippen LogP contribution is -2.00. The van der Waals surface area contributed by atoms with Crippen molar-refractivity contribution in [2.75, 3.05) is 6.61 Å². The summed E-state index contributed by atoms with van der Waals surface area (Å²) in [7, 11) is 0. The molecule has 0 aliphatic rings. The molecule has 0 aliphatic heterocycles. The largest absolute Gasteiger partial charge is 0.493 e.